The monoisotopic (exact) mass is 422 g/mol. The van der Waals surface area contributed by atoms with Crippen molar-refractivity contribution >= 4 is 11.8 Å². The van der Waals surface area contributed by atoms with Crippen LogP contribution in [0.1, 0.15) is 24.0 Å². The number of hydrogen-bond acceptors (Lipinski definition) is 3. The lowest BCUT2D eigenvalue weighted by Crippen LogP contribution is -2.46. The van der Waals surface area contributed by atoms with Gasteiger partial charge in [-0.2, -0.15) is 0 Å². The van der Waals surface area contributed by atoms with Crippen LogP contribution in [0.5, 0.6) is 5.75 Å². The van der Waals surface area contributed by atoms with Gasteiger partial charge in [0.1, 0.15) is 18.2 Å². The Morgan fingerprint density at radius 2 is 1.84 bits per heavy atom. The number of nitrogens with one attached hydrogen (secondary N) is 1. The van der Waals surface area contributed by atoms with Gasteiger partial charge in [-0.25, -0.2) is 4.39 Å². The second kappa shape index (κ2) is 11.2. The van der Waals surface area contributed by atoms with E-state index in [1.807, 2.05) is 24.3 Å². The predicted octanol–water partition coefficient (Wildman–Crippen LogP) is 2.98. The summed E-state index contributed by atoms with van der Waals surface area (Å²) < 4.78 is 18.4. The summed E-state index contributed by atoms with van der Waals surface area (Å²) in [6.07, 6.45) is 7.67. The summed E-state index contributed by atoms with van der Waals surface area (Å²) in [5.74, 6) is 2.57. The lowest BCUT2D eigenvalue weighted by atomic mass is 9.96. The number of ether oxygens (including phenoxy) is 1. The molecule has 0 radical (unpaired) electrons. The van der Waals surface area contributed by atoms with Crippen LogP contribution in [-0.4, -0.2) is 43.0 Å². The summed E-state index contributed by atoms with van der Waals surface area (Å²) >= 11 is 0. The number of benzene rings is 2. The molecule has 1 unspecified atom stereocenters. The summed E-state index contributed by atoms with van der Waals surface area (Å²) in [7, 11) is 0. The fraction of sp³-hybridized carbons (Fsp3) is 0.360. The average molecular weight is 423 g/mol. The topological polar surface area (TPSA) is 58.6 Å². The first-order valence-electron chi connectivity index (χ1n) is 10.5. The molecule has 0 aliphatic carbocycles. The van der Waals surface area contributed by atoms with E-state index in [2.05, 4.69) is 11.2 Å². The second-order valence-corrected chi connectivity index (χ2v) is 7.66. The highest BCUT2D eigenvalue weighted by molar-refractivity contribution is 5.82. The molecule has 0 aromatic heterocycles. The molecular formula is C25H27FN2O3. The number of likely N-dealkylation sites (tertiary alicyclic amines) is 1. The Bertz CT molecular complexity index is 919. The van der Waals surface area contributed by atoms with Gasteiger partial charge in [0.05, 0.1) is 12.3 Å². The molecule has 5 nitrogen and oxygen atoms in total. The van der Waals surface area contributed by atoms with Crippen molar-refractivity contribution in [1.82, 2.24) is 10.2 Å². The lowest BCUT2D eigenvalue weighted by Gasteiger charge is -2.32. The molecular weight excluding hydrogens is 395 g/mol. The van der Waals surface area contributed by atoms with Gasteiger partial charge in [-0.15, -0.1) is 6.42 Å². The highest BCUT2D eigenvalue weighted by Crippen LogP contribution is 2.18. The second-order valence-electron chi connectivity index (χ2n) is 7.66. The Morgan fingerprint density at radius 1 is 1.13 bits per heavy atom. The maximum Gasteiger partial charge on any atom is 0.227 e. The van der Waals surface area contributed by atoms with E-state index in [1.54, 1.807) is 17.0 Å². The van der Waals surface area contributed by atoms with Crippen LogP contribution in [0, 0.1) is 24.1 Å². The van der Waals surface area contributed by atoms with Gasteiger partial charge in [-0.3, -0.25) is 9.59 Å². The van der Waals surface area contributed by atoms with Gasteiger partial charge < -0.3 is 15.0 Å². The molecule has 1 atom stereocenters. The molecule has 2 aromatic carbocycles. The van der Waals surface area contributed by atoms with Crippen LogP contribution in [0.15, 0.2) is 48.5 Å². The van der Waals surface area contributed by atoms with Crippen molar-refractivity contribution in [1.29, 1.82) is 0 Å². The Balaban J connectivity index is 1.43. The van der Waals surface area contributed by atoms with Crippen molar-refractivity contribution in [2.45, 2.75) is 25.7 Å². The normalized spacial score (nSPS) is 15.7. The summed E-state index contributed by atoms with van der Waals surface area (Å²) in [5.41, 5.74) is 1.86. The van der Waals surface area contributed by atoms with Crippen LogP contribution in [-0.2, 0) is 22.4 Å². The Hall–Kier alpha value is -3.33. The molecule has 0 bridgehead atoms. The van der Waals surface area contributed by atoms with Crippen molar-refractivity contribution in [2.24, 2.45) is 5.92 Å². The minimum atomic E-state index is -0.320. The molecule has 3 rings (SSSR count). The predicted molar refractivity (Wildman–Crippen MR) is 117 cm³/mol. The minimum Gasteiger partial charge on any atom is -0.481 e. The number of nitrogens with zero attached hydrogens (tertiary/aromatic N) is 1. The first kappa shape index (κ1) is 22.4. The summed E-state index contributed by atoms with van der Waals surface area (Å²) in [6.45, 7) is 1.84. The molecule has 1 heterocycles. The Labute approximate surface area is 182 Å². The Morgan fingerprint density at radius 3 is 2.55 bits per heavy atom. The molecule has 162 valence electrons. The maximum absolute atomic E-state index is 13.0. The Kier molecular flexibility index (Phi) is 8.05. The molecule has 1 aliphatic heterocycles. The van der Waals surface area contributed by atoms with E-state index in [0.29, 0.717) is 26.1 Å². The number of rotatable bonds is 8. The zero-order valence-corrected chi connectivity index (χ0v) is 17.5. The van der Waals surface area contributed by atoms with Crippen LogP contribution < -0.4 is 10.1 Å². The van der Waals surface area contributed by atoms with Gasteiger partial charge in [0, 0.05) is 19.6 Å². The molecule has 1 saturated heterocycles. The van der Waals surface area contributed by atoms with E-state index < -0.39 is 0 Å². The zero-order valence-electron chi connectivity index (χ0n) is 17.5. The van der Waals surface area contributed by atoms with Crippen LogP contribution in [0.3, 0.4) is 0 Å². The number of piperidine rings is 1. The average Bonchev–Trinajstić information content (AvgIpc) is 2.80. The largest absolute Gasteiger partial charge is 0.481 e. The van der Waals surface area contributed by atoms with Gasteiger partial charge in [0.25, 0.3) is 0 Å². The van der Waals surface area contributed by atoms with Crippen LogP contribution in [0.2, 0.25) is 0 Å². The summed E-state index contributed by atoms with van der Waals surface area (Å²) in [6, 6.07) is 13.6. The SMILES string of the molecule is C#CCOc1ccc(CCNC(=O)C2CCCN(C(=O)Cc3ccc(F)cc3)C2)cc1. The third kappa shape index (κ3) is 6.85. The van der Waals surface area contributed by atoms with Gasteiger partial charge >= 0.3 is 0 Å². The van der Waals surface area contributed by atoms with E-state index in [4.69, 9.17) is 11.2 Å². The first-order valence-corrected chi connectivity index (χ1v) is 10.5. The van der Waals surface area contributed by atoms with E-state index in [1.165, 1.54) is 12.1 Å². The number of carbonyl (C=O) groups excluding carboxylic acids is 2. The number of amides is 2. The van der Waals surface area contributed by atoms with Crippen LogP contribution in [0.25, 0.3) is 0 Å². The fourth-order valence-corrected chi connectivity index (χ4v) is 3.66. The third-order valence-corrected chi connectivity index (χ3v) is 5.37. The lowest BCUT2D eigenvalue weighted by molar-refractivity contribution is -0.135. The third-order valence-electron chi connectivity index (χ3n) is 5.37. The number of halogens is 1. The van der Waals surface area contributed by atoms with E-state index in [-0.39, 0.29) is 36.6 Å². The van der Waals surface area contributed by atoms with Gasteiger partial charge in [-0.1, -0.05) is 30.2 Å². The van der Waals surface area contributed by atoms with Gasteiger partial charge in [0.2, 0.25) is 11.8 Å². The maximum atomic E-state index is 13.0. The quantitative estimate of drug-likeness (QED) is 0.666. The van der Waals surface area contributed by atoms with E-state index >= 15 is 0 Å². The van der Waals surface area contributed by atoms with E-state index in [9.17, 15) is 14.0 Å². The van der Waals surface area contributed by atoms with Crippen LogP contribution >= 0.6 is 0 Å². The van der Waals surface area contributed by atoms with Gasteiger partial charge in [0.15, 0.2) is 0 Å². The number of terminal acetylenes is 1. The summed E-state index contributed by atoms with van der Waals surface area (Å²) in [4.78, 5) is 26.9. The molecule has 1 aliphatic rings. The summed E-state index contributed by atoms with van der Waals surface area (Å²) in [5, 5.41) is 2.99. The standard InChI is InChI=1S/C25H27FN2O3/c1-2-16-31-23-11-7-19(8-12-23)13-14-27-25(30)21-4-3-15-28(18-21)24(29)17-20-5-9-22(26)10-6-20/h1,5-12,21H,3-4,13-18H2,(H,27,30). The van der Waals surface area contributed by atoms with Crippen LogP contribution in [0.4, 0.5) is 4.39 Å². The van der Waals surface area contributed by atoms with Crippen molar-refractivity contribution in [3.8, 4) is 18.1 Å². The van der Waals surface area contributed by atoms with Gasteiger partial charge in [-0.05, 0) is 54.7 Å². The minimum absolute atomic E-state index is 0.0201. The smallest absolute Gasteiger partial charge is 0.227 e. The highest BCUT2D eigenvalue weighted by atomic mass is 19.1. The molecule has 1 fully saturated rings. The van der Waals surface area contributed by atoms with E-state index in [0.717, 1.165) is 29.7 Å². The molecule has 0 saturated carbocycles. The first-order chi connectivity index (χ1) is 15.0. The van der Waals surface area contributed by atoms with Crippen molar-refractivity contribution in [2.75, 3.05) is 26.2 Å². The molecule has 2 aromatic rings. The molecule has 0 spiro atoms. The number of hydrogen-bond donors (Lipinski definition) is 1. The molecule has 1 N–H and O–H groups in total. The zero-order chi connectivity index (χ0) is 22.1. The highest BCUT2D eigenvalue weighted by Gasteiger charge is 2.28. The van der Waals surface area contributed by atoms with Crippen molar-refractivity contribution in [3.05, 3.63) is 65.5 Å². The van der Waals surface area contributed by atoms with Crippen molar-refractivity contribution < 1.29 is 18.7 Å². The molecule has 2 amide bonds. The number of carbonyl (C=O) groups is 2. The fourth-order valence-electron chi connectivity index (χ4n) is 3.66. The van der Waals surface area contributed by atoms with Crippen molar-refractivity contribution in [3.63, 3.8) is 0 Å². The molecule has 6 heteroatoms. The molecule has 31 heavy (non-hydrogen) atoms.